The zero-order valence-electron chi connectivity index (χ0n) is 16.4. The van der Waals surface area contributed by atoms with Crippen LogP contribution in [0, 0.1) is 0 Å². The number of benzene rings is 2. The molecule has 0 bridgehead atoms. The molecule has 1 saturated heterocycles. The molecule has 1 heterocycles. The molecule has 2 amide bonds. The standard InChI is InChI=1S/C24H26N2OS/c1-4-8-22(17(2)23-18(3)25-24(27)26-23)28-21-15-13-20(14-16-21)12-11-19-9-6-5-7-10-19/h4-10,13-16,23H,3,11-12H2,1-2H3,(H2,25,26,27)/b8-4-,22-17-. The number of aryl methyl sites for hydroxylation is 2. The quantitative estimate of drug-likeness (QED) is 0.477. The van der Waals surface area contributed by atoms with E-state index in [2.05, 4.69) is 77.9 Å². The number of urea groups is 1. The van der Waals surface area contributed by atoms with E-state index in [4.69, 9.17) is 0 Å². The zero-order valence-corrected chi connectivity index (χ0v) is 17.2. The Morgan fingerprint density at radius 3 is 2.29 bits per heavy atom. The van der Waals surface area contributed by atoms with Crippen LogP contribution in [0.1, 0.15) is 25.0 Å². The van der Waals surface area contributed by atoms with E-state index in [9.17, 15) is 4.79 Å². The van der Waals surface area contributed by atoms with E-state index in [0.717, 1.165) is 23.3 Å². The Morgan fingerprint density at radius 1 is 1.07 bits per heavy atom. The molecule has 0 saturated carbocycles. The topological polar surface area (TPSA) is 41.1 Å². The third-order valence-electron chi connectivity index (χ3n) is 4.73. The highest BCUT2D eigenvalue weighted by molar-refractivity contribution is 8.03. The summed E-state index contributed by atoms with van der Waals surface area (Å²) in [5, 5.41) is 5.65. The molecule has 1 atom stereocenters. The van der Waals surface area contributed by atoms with E-state index in [1.54, 1.807) is 11.8 Å². The monoisotopic (exact) mass is 390 g/mol. The summed E-state index contributed by atoms with van der Waals surface area (Å²) in [6, 6.07) is 18.9. The van der Waals surface area contributed by atoms with Crippen molar-refractivity contribution in [1.82, 2.24) is 10.6 Å². The van der Waals surface area contributed by atoms with Crippen LogP contribution in [-0.4, -0.2) is 12.1 Å². The van der Waals surface area contributed by atoms with E-state index < -0.39 is 0 Å². The lowest BCUT2D eigenvalue weighted by Crippen LogP contribution is -2.27. The normalized spacial score (nSPS) is 17.4. The van der Waals surface area contributed by atoms with Crippen molar-refractivity contribution in [2.45, 2.75) is 37.6 Å². The average molecular weight is 391 g/mol. The third kappa shape index (κ3) is 5.17. The first-order chi connectivity index (χ1) is 13.6. The summed E-state index contributed by atoms with van der Waals surface area (Å²) in [6.45, 7) is 7.99. The molecule has 0 aromatic heterocycles. The van der Waals surface area contributed by atoms with E-state index in [1.165, 1.54) is 16.0 Å². The van der Waals surface area contributed by atoms with Gasteiger partial charge in [0.1, 0.15) is 0 Å². The van der Waals surface area contributed by atoms with Crippen LogP contribution >= 0.6 is 11.8 Å². The highest BCUT2D eigenvalue weighted by Crippen LogP contribution is 2.32. The lowest BCUT2D eigenvalue weighted by atomic mass is 10.0. The minimum atomic E-state index is -0.193. The summed E-state index contributed by atoms with van der Waals surface area (Å²) in [7, 11) is 0. The van der Waals surface area contributed by atoms with E-state index in [1.807, 2.05) is 19.9 Å². The zero-order chi connectivity index (χ0) is 19.9. The summed E-state index contributed by atoms with van der Waals surface area (Å²) in [5.74, 6) is 0. The minimum absolute atomic E-state index is 0.170. The van der Waals surface area contributed by atoms with E-state index >= 15 is 0 Å². The molecule has 2 N–H and O–H groups in total. The second-order valence-electron chi connectivity index (χ2n) is 6.84. The minimum Gasteiger partial charge on any atom is -0.326 e. The summed E-state index contributed by atoms with van der Waals surface area (Å²) in [4.78, 5) is 13.9. The first-order valence-electron chi connectivity index (χ1n) is 9.47. The van der Waals surface area contributed by atoms with E-state index in [0.29, 0.717) is 5.70 Å². The van der Waals surface area contributed by atoms with Crippen LogP contribution < -0.4 is 10.6 Å². The Kier molecular flexibility index (Phi) is 6.77. The summed E-state index contributed by atoms with van der Waals surface area (Å²) >= 11 is 1.71. The molecule has 2 aromatic rings. The van der Waals surface area contributed by atoms with Gasteiger partial charge in [-0.3, -0.25) is 0 Å². The smallest absolute Gasteiger partial charge is 0.319 e. The number of amides is 2. The number of nitrogens with one attached hydrogen (secondary N) is 2. The molecule has 28 heavy (non-hydrogen) atoms. The Hall–Kier alpha value is -2.72. The maximum atomic E-state index is 11.6. The summed E-state index contributed by atoms with van der Waals surface area (Å²) in [6.07, 6.45) is 6.19. The number of rotatable bonds is 7. The number of thioether (sulfide) groups is 1. The fraction of sp³-hybridized carbons (Fsp3) is 0.208. The highest BCUT2D eigenvalue weighted by atomic mass is 32.2. The molecule has 1 fully saturated rings. The van der Waals surface area contributed by atoms with Crippen LogP contribution in [0.2, 0.25) is 0 Å². The van der Waals surface area contributed by atoms with Gasteiger partial charge in [-0.1, -0.05) is 73.0 Å². The largest absolute Gasteiger partial charge is 0.326 e. The predicted octanol–water partition coefficient (Wildman–Crippen LogP) is 5.61. The van der Waals surface area contributed by atoms with E-state index in [-0.39, 0.29) is 12.1 Å². The SMILES string of the molecule is C=C1NC(=O)NC1/C(C)=C(/C=C\C)Sc1ccc(CCc2ccccc2)cc1. The molecule has 2 aromatic carbocycles. The van der Waals surface area contributed by atoms with Crippen molar-refractivity contribution in [2.75, 3.05) is 0 Å². The lowest BCUT2D eigenvalue weighted by molar-refractivity contribution is 0.248. The van der Waals surface area contributed by atoms with Crippen molar-refractivity contribution >= 4 is 17.8 Å². The number of carbonyl (C=O) groups excluding carboxylic acids is 1. The molecule has 3 nitrogen and oxygen atoms in total. The number of allylic oxidation sites excluding steroid dienone is 2. The van der Waals surface area contributed by atoms with Gasteiger partial charge in [0.2, 0.25) is 0 Å². The fourth-order valence-electron chi connectivity index (χ4n) is 3.17. The summed E-state index contributed by atoms with van der Waals surface area (Å²) < 4.78 is 0. The van der Waals surface area contributed by atoms with Gasteiger partial charge in [-0.05, 0) is 55.5 Å². The van der Waals surface area contributed by atoms with Crippen molar-refractivity contribution < 1.29 is 4.79 Å². The van der Waals surface area contributed by atoms with Crippen molar-refractivity contribution in [3.8, 4) is 0 Å². The van der Waals surface area contributed by atoms with Gasteiger partial charge in [-0.25, -0.2) is 4.79 Å². The first-order valence-corrected chi connectivity index (χ1v) is 10.3. The van der Waals surface area contributed by atoms with Crippen molar-refractivity contribution in [3.05, 3.63) is 101 Å². The molecule has 0 aliphatic carbocycles. The Morgan fingerprint density at radius 2 is 1.71 bits per heavy atom. The van der Waals surface area contributed by atoms with Crippen LogP contribution in [0.15, 0.2) is 94.4 Å². The maximum Gasteiger partial charge on any atom is 0.319 e. The number of carbonyl (C=O) groups is 1. The lowest BCUT2D eigenvalue weighted by Gasteiger charge is -2.15. The Labute approximate surface area is 171 Å². The van der Waals surface area contributed by atoms with Gasteiger partial charge in [0.25, 0.3) is 0 Å². The molecule has 0 spiro atoms. The Bertz CT molecular complexity index is 898. The number of hydrogen-bond donors (Lipinski definition) is 2. The molecule has 1 unspecified atom stereocenters. The molecule has 1 aliphatic rings. The highest BCUT2D eigenvalue weighted by Gasteiger charge is 2.27. The molecule has 1 aliphatic heterocycles. The van der Waals surface area contributed by atoms with Crippen LogP contribution in [0.5, 0.6) is 0 Å². The van der Waals surface area contributed by atoms with Gasteiger partial charge < -0.3 is 10.6 Å². The van der Waals surface area contributed by atoms with Gasteiger partial charge in [0.15, 0.2) is 0 Å². The van der Waals surface area contributed by atoms with Crippen LogP contribution in [-0.2, 0) is 12.8 Å². The second kappa shape index (κ2) is 9.47. The molecular weight excluding hydrogens is 364 g/mol. The van der Waals surface area contributed by atoms with Gasteiger partial charge in [0.05, 0.1) is 6.04 Å². The molecule has 144 valence electrons. The van der Waals surface area contributed by atoms with Gasteiger partial charge in [-0.2, -0.15) is 0 Å². The summed E-state index contributed by atoms with van der Waals surface area (Å²) in [5.41, 5.74) is 4.48. The van der Waals surface area contributed by atoms with Crippen molar-refractivity contribution in [2.24, 2.45) is 0 Å². The van der Waals surface area contributed by atoms with Crippen molar-refractivity contribution in [1.29, 1.82) is 0 Å². The molecule has 3 rings (SSSR count). The average Bonchev–Trinajstić information content (AvgIpc) is 3.05. The van der Waals surface area contributed by atoms with Crippen LogP contribution in [0.3, 0.4) is 0 Å². The predicted molar refractivity (Wildman–Crippen MR) is 118 cm³/mol. The third-order valence-corrected chi connectivity index (χ3v) is 5.92. The van der Waals surface area contributed by atoms with Crippen LogP contribution in [0.25, 0.3) is 0 Å². The fourth-order valence-corrected chi connectivity index (χ4v) is 4.18. The van der Waals surface area contributed by atoms with Crippen molar-refractivity contribution in [3.63, 3.8) is 0 Å². The molecular formula is C24H26N2OS. The maximum absolute atomic E-state index is 11.6. The first kappa shape index (κ1) is 20.0. The van der Waals surface area contributed by atoms with Gasteiger partial charge in [0, 0.05) is 15.5 Å². The van der Waals surface area contributed by atoms with Gasteiger partial charge >= 0.3 is 6.03 Å². The second-order valence-corrected chi connectivity index (χ2v) is 7.95. The molecule has 4 heteroatoms. The van der Waals surface area contributed by atoms with Gasteiger partial charge in [-0.15, -0.1) is 0 Å². The molecule has 0 radical (unpaired) electrons. The number of hydrogen-bond acceptors (Lipinski definition) is 2. The van der Waals surface area contributed by atoms with Crippen LogP contribution in [0.4, 0.5) is 4.79 Å². The Balaban J connectivity index is 1.69.